The van der Waals surface area contributed by atoms with Crippen LogP contribution in [0.25, 0.3) is 17.3 Å². The predicted octanol–water partition coefficient (Wildman–Crippen LogP) is 4.48. The van der Waals surface area contributed by atoms with E-state index in [1.807, 2.05) is 4.90 Å². The molecule has 2 atom stereocenters. The Kier molecular flexibility index (Phi) is 7.60. The first kappa shape index (κ1) is 25.9. The smallest absolute Gasteiger partial charge is 0.273 e. The minimum Gasteiger partial charge on any atom is -0.504 e. The van der Waals surface area contributed by atoms with Gasteiger partial charge in [-0.1, -0.05) is 12.6 Å². The molecular weight excluding hydrogens is 475 g/mol. The summed E-state index contributed by atoms with van der Waals surface area (Å²) in [5.41, 5.74) is 7.22. The van der Waals surface area contributed by atoms with E-state index in [4.69, 9.17) is 20.5 Å². The van der Waals surface area contributed by atoms with E-state index in [1.54, 1.807) is 18.2 Å². The number of hydrogen-bond acceptors (Lipinski definition) is 7. The SMILES string of the molecule is C=C/C(OC)=C(O)\C=C\c1c(OC)cc(C(=O)N2C3CCC2CC(N)C3)nc1-c1ccc(C#N)c(F)c1. The summed E-state index contributed by atoms with van der Waals surface area (Å²) >= 11 is 0. The molecule has 0 saturated carbocycles. The summed E-state index contributed by atoms with van der Waals surface area (Å²) in [6.45, 7) is 3.60. The van der Waals surface area contributed by atoms with Gasteiger partial charge in [-0.2, -0.15) is 5.26 Å². The van der Waals surface area contributed by atoms with Gasteiger partial charge in [0.2, 0.25) is 0 Å². The minimum atomic E-state index is -0.716. The largest absolute Gasteiger partial charge is 0.504 e. The first-order valence-electron chi connectivity index (χ1n) is 12.0. The lowest BCUT2D eigenvalue weighted by atomic mass is 9.97. The molecule has 2 aromatic rings. The van der Waals surface area contributed by atoms with Crippen LogP contribution in [0.4, 0.5) is 4.39 Å². The monoisotopic (exact) mass is 504 g/mol. The van der Waals surface area contributed by atoms with Gasteiger partial charge in [-0.25, -0.2) is 9.37 Å². The summed E-state index contributed by atoms with van der Waals surface area (Å²) in [5, 5.41) is 19.5. The molecule has 4 rings (SSSR count). The maximum absolute atomic E-state index is 14.6. The van der Waals surface area contributed by atoms with Crippen molar-refractivity contribution in [3.63, 3.8) is 0 Å². The molecule has 1 aromatic heterocycles. The molecule has 9 heteroatoms. The number of carbonyl (C=O) groups excluding carboxylic acids is 1. The molecule has 0 aliphatic carbocycles. The zero-order chi connectivity index (χ0) is 26.7. The fourth-order valence-electron chi connectivity index (χ4n) is 5.16. The molecule has 0 spiro atoms. The zero-order valence-electron chi connectivity index (χ0n) is 20.8. The van der Waals surface area contributed by atoms with E-state index in [2.05, 4.69) is 11.6 Å². The third-order valence-electron chi connectivity index (χ3n) is 6.89. The first-order valence-corrected chi connectivity index (χ1v) is 12.0. The van der Waals surface area contributed by atoms with Crippen LogP contribution in [-0.4, -0.2) is 53.2 Å². The highest BCUT2D eigenvalue weighted by Gasteiger charge is 2.43. The molecule has 37 heavy (non-hydrogen) atoms. The number of halogens is 1. The van der Waals surface area contributed by atoms with E-state index in [9.17, 15) is 14.3 Å². The Labute approximate surface area is 215 Å². The average Bonchev–Trinajstić information content (AvgIpc) is 3.17. The summed E-state index contributed by atoms with van der Waals surface area (Å²) in [5.74, 6) is -0.690. The van der Waals surface area contributed by atoms with E-state index in [-0.39, 0.29) is 52.5 Å². The normalized spacial score (nSPS) is 21.4. The number of aliphatic hydroxyl groups is 1. The van der Waals surface area contributed by atoms with Crippen molar-refractivity contribution in [1.82, 2.24) is 9.88 Å². The van der Waals surface area contributed by atoms with E-state index in [0.29, 0.717) is 16.9 Å². The van der Waals surface area contributed by atoms with Gasteiger partial charge in [0.15, 0.2) is 11.5 Å². The fraction of sp³-hybridized carbons (Fsp3) is 0.321. The lowest BCUT2D eigenvalue weighted by Crippen LogP contribution is -2.50. The standard InChI is InChI=1S/C28H29FN4O4/c1-4-25(36-2)24(34)10-9-21-26(37-3)14-23(28(35)33-19-7-8-20(33)13-18(31)12-19)32-27(21)16-5-6-17(15-30)22(29)11-16/h4-6,9-11,14,18-20,34H,1,7-8,12-13,31H2,2-3H3/b10-9+,25-24-. The number of allylic oxidation sites excluding steroid dienone is 2. The number of piperidine rings is 1. The number of benzene rings is 1. The van der Waals surface area contributed by atoms with Gasteiger partial charge in [-0.05, 0) is 56.0 Å². The molecule has 1 aromatic carbocycles. The van der Waals surface area contributed by atoms with Crippen LogP contribution in [0, 0.1) is 17.1 Å². The van der Waals surface area contributed by atoms with Crippen molar-refractivity contribution >= 4 is 12.0 Å². The van der Waals surface area contributed by atoms with Gasteiger partial charge in [0, 0.05) is 35.3 Å². The maximum atomic E-state index is 14.6. The van der Waals surface area contributed by atoms with Gasteiger partial charge >= 0.3 is 0 Å². The molecule has 3 heterocycles. The van der Waals surface area contributed by atoms with Crippen molar-refractivity contribution in [2.45, 2.75) is 43.8 Å². The fourth-order valence-corrected chi connectivity index (χ4v) is 5.16. The van der Waals surface area contributed by atoms with Crippen LogP contribution in [0.2, 0.25) is 0 Å². The van der Waals surface area contributed by atoms with Crippen LogP contribution in [0.3, 0.4) is 0 Å². The number of nitriles is 1. The van der Waals surface area contributed by atoms with Crippen molar-refractivity contribution in [3.05, 3.63) is 77.2 Å². The molecule has 2 aliphatic heterocycles. The number of rotatable bonds is 7. The summed E-state index contributed by atoms with van der Waals surface area (Å²) in [6.07, 6.45) is 7.53. The highest BCUT2D eigenvalue weighted by Crippen LogP contribution is 2.38. The summed E-state index contributed by atoms with van der Waals surface area (Å²) < 4.78 is 25.3. The van der Waals surface area contributed by atoms with Gasteiger partial charge in [0.05, 0.1) is 25.5 Å². The third kappa shape index (κ3) is 5.06. The predicted molar refractivity (Wildman–Crippen MR) is 137 cm³/mol. The number of carbonyl (C=O) groups is 1. The lowest BCUT2D eigenvalue weighted by Gasteiger charge is -2.37. The van der Waals surface area contributed by atoms with Crippen molar-refractivity contribution in [3.8, 4) is 23.1 Å². The number of aromatic nitrogens is 1. The van der Waals surface area contributed by atoms with Crippen LogP contribution >= 0.6 is 0 Å². The summed E-state index contributed by atoms with van der Waals surface area (Å²) in [7, 11) is 2.85. The van der Waals surface area contributed by atoms with Crippen LogP contribution in [0.1, 0.15) is 47.3 Å². The quantitative estimate of drug-likeness (QED) is 0.421. The second kappa shape index (κ2) is 10.8. The lowest BCUT2D eigenvalue weighted by molar-refractivity contribution is 0.0568. The Hall–Kier alpha value is -4.16. The minimum absolute atomic E-state index is 0.0536. The molecule has 8 nitrogen and oxygen atoms in total. The molecule has 192 valence electrons. The van der Waals surface area contributed by atoms with Gasteiger partial charge < -0.3 is 25.2 Å². The van der Waals surface area contributed by atoms with E-state index >= 15 is 0 Å². The Bertz CT molecular complexity index is 1320. The number of hydrogen-bond donors (Lipinski definition) is 2. The number of nitrogens with two attached hydrogens (primary N) is 1. The second-order valence-corrected chi connectivity index (χ2v) is 9.10. The topological polar surface area (TPSA) is 122 Å². The van der Waals surface area contributed by atoms with Crippen molar-refractivity contribution in [2.24, 2.45) is 5.73 Å². The van der Waals surface area contributed by atoms with Crippen LogP contribution < -0.4 is 10.5 Å². The Morgan fingerprint density at radius 3 is 2.57 bits per heavy atom. The van der Waals surface area contributed by atoms with Crippen molar-refractivity contribution in [1.29, 1.82) is 5.26 Å². The molecule has 2 saturated heterocycles. The van der Waals surface area contributed by atoms with E-state index in [0.717, 1.165) is 25.7 Å². The molecule has 2 unspecified atom stereocenters. The number of pyridine rings is 1. The number of aliphatic hydroxyl groups excluding tert-OH is 1. The molecule has 2 fully saturated rings. The van der Waals surface area contributed by atoms with Crippen molar-refractivity contribution in [2.75, 3.05) is 14.2 Å². The van der Waals surface area contributed by atoms with Crippen LogP contribution in [0.5, 0.6) is 5.75 Å². The molecule has 2 bridgehead atoms. The molecule has 3 N–H and O–H groups in total. The van der Waals surface area contributed by atoms with Crippen LogP contribution in [0.15, 0.2) is 54.5 Å². The van der Waals surface area contributed by atoms with E-state index < -0.39 is 5.82 Å². The first-order chi connectivity index (χ1) is 17.8. The Morgan fingerprint density at radius 1 is 1.30 bits per heavy atom. The average molecular weight is 505 g/mol. The number of ether oxygens (including phenoxy) is 2. The van der Waals surface area contributed by atoms with Gasteiger partial charge in [-0.3, -0.25) is 4.79 Å². The van der Waals surface area contributed by atoms with Gasteiger partial charge in [0.1, 0.15) is 23.3 Å². The number of methoxy groups -OCH3 is 2. The molecular formula is C28H29FN4O4. The van der Waals surface area contributed by atoms with Crippen LogP contribution in [-0.2, 0) is 4.74 Å². The molecule has 1 amide bonds. The number of fused-ring (bicyclic) bond motifs is 2. The molecule has 2 aliphatic rings. The second-order valence-electron chi connectivity index (χ2n) is 9.10. The summed E-state index contributed by atoms with van der Waals surface area (Å²) in [6, 6.07) is 7.62. The highest BCUT2D eigenvalue weighted by molar-refractivity contribution is 5.95. The van der Waals surface area contributed by atoms with Gasteiger partial charge in [0.25, 0.3) is 5.91 Å². The summed E-state index contributed by atoms with van der Waals surface area (Å²) in [4.78, 5) is 20.2. The third-order valence-corrected chi connectivity index (χ3v) is 6.89. The Balaban J connectivity index is 1.86. The number of nitrogens with zero attached hydrogens (tertiary/aromatic N) is 3. The van der Waals surface area contributed by atoms with Crippen molar-refractivity contribution < 1.29 is 23.8 Å². The van der Waals surface area contributed by atoms with Gasteiger partial charge in [-0.15, -0.1) is 0 Å². The Morgan fingerprint density at radius 2 is 2.00 bits per heavy atom. The van der Waals surface area contributed by atoms with E-state index in [1.165, 1.54) is 44.6 Å². The maximum Gasteiger partial charge on any atom is 0.273 e. The number of amides is 1. The highest BCUT2D eigenvalue weighted by atomic mass is 19.1. The zero-order valence-corrected chi connectivity index (χ0v) is 20.8. The molecule has 0 radical (unpaired) electrons.